The molecule has 1 aliphatic heterocycles. The number of nitrogens with one attached hydrogen (secondary N) is 1. The number of carbonyl (C=O) groups is 2. The van der Waals surface area contributed by atoms with Gasteiger partial charge in [0.2, 0.25) is 10.0 Å². The molecule has 1 amide bonds. The molecule has 0 spiro atoms. The van der Waals surface area contributed by atoms with Crippen molar-refractivity contribution in [2.24, 2.45) is 0 Å². The van der Waals surface area contributed by atoms with Gasteiger partial charge in [-0.3, -0.25) is 9.59 Å². The summed E-state index contributed by atoms with van der Waals surface area (Å²) in [5.74, 6) is -0.325. The Hall–Kier alpha value is -2.45. The molecule has 1 aromatic heterocycles. The maximum atomic E-state index is 12.9. The molecule has 0 radical (unpaired) electrons. The third-order valence-corrected chi connectivity index (χ3v) is 6.96. The number of H-pyrrole nitrogens is 1. The Bertz CT molecular complexity index is 988. The molecule has 8 heteroatoms. The van der Waals surface area contributed by atoms with Crippen molar-refractivity contribution in [1.82, 2.24) is 14.2 Å². The predicted octanol–water partition coefficient (Wildman–Crippen LogP) is 2.12. The summed E-state index contributed by atoms with van der Waals surface area (Å²) < 4.78 is 26.8. The van der Waals surface area contributed by atoms with Crippen LogP contribution >= 0.6 is 0 Å². The molecule has 150 valence electrons. The average molecular weight is 404 g/mol. The van der Waals surface area contributed by atoms with Crippen LogP contribution in [0, 0.1) is 13.8 Å². The molecule has 0 aliphatic carbocycles. The van der Waals surface area contributed by atoms with Gasteiger partial charge in [-0.2, -0.15) is 4.31 Å². The minimum absolute atomic E-state index is 0.0430. The van der Waals surface area contributed by atoms with Crippen LogP contribution in [0.2, 0.25) is 0 Å². The van der Waals surface area contributed by atoms with Gasteiger partial charge in [-0.05, 0) is 31.9 Å². The zero-order valence-corrected chi connectivity index (χ0v) is 17.2. The second-order valence-corrected chi connectivity index (χ2v) is 9.08. The first-order chi connectivity index (χ1) is 13.2. The first kappa shape index (κ1) is 20.3. The largest absolute Gasteiger partial charge is 0.354 e. The highest BCUT2D eigenvalue weighted by atomic mass is 32.2. The monoisotopic (exact) mass is 403 g/mol. The number of benzene rings is 1. The molecule has 1 saturated heterocycles. The summed E-state index contributed by atoms with van der Waals surface area (Å²) in [5.41, 5.74) is 3.03. The van der Waals surface area contributed by atoms with Crippen LogP contribution in [0.15, 0.2) is 30.3 Å². The molecule has 0 atom stereocenters. The van der Waals surface area contributed by atoms with E-state index in [4.69, 9.17) is 0 Å². The Balaban J connectivity index is 1.68. The van der Waals surface area contributed by atoms with Crippen LogP contribution in [-0.4, -0.2) is 60.5 Å². The molecule has 2 heterocycles. The second kappa shape index (κ2) is 7.89. The van der Waals surface area contributed by atoms with Gasteiger partial charge >= 0.3 is 0 Å². The summed E-state index contributed by atoms with van der Waals surface area (Å²) in [4.78, 5) is 29.3. The average Bonchev–Trinajstić information content (AvgIpc) is 2.96. The molecule has 1 aromatic carbocycles. The number of amides is 1. The van der Waals surface area contributed by atoms with Crippen LogP contribution in [0.5, 0.6) is 0 Å². The molecule has 3 rings (SSSR count). The molecule has 1 aliphatic rings. The van der Waals surface area contributed by atoms with Gasteiger partial charge in [0, 0.05) is 37.4 Å². The summed E-state index contributed by atoms with van der Waals surface area (Å²) in [7, 11) is -3.43. The van der Waals surface area contributed by atoms with Gasteiger partial charge < -0.3 is 9.88 Å². The van der Waals surface area contributed by atoms with Crippen molar-refractivity contribution in [2.45, 2.75) is 26.5 Å². The lowest BCUT2D eigenvalue weighted by Gasteiger charge is -2.34. The standard InChI is InChI=1S/C20H25N3O4S/c1-14-18(16(3)24)15(2)21-19(14)20(25)22-9-11-23(12-10-22)28(26,27)13-17-7-5-4-6-8-17/h4-8,21H,9-13H2,1-3H3. The summed E-state index contributed by atoms with van der Waals surface area (Å²) >= 11 is 0. The highest BCUT2D eigenvalue weighted by Crippen LogP contribution is 2.21. The Morgan fingerprint density at radius 1 is 1.04 bits per heavy atom. The van der Waals surface area contributed by atoms with Crippen molar-refractivity contribution in [3.8, 4) is 0 Å². The van der Waals surface area contributed by atoms with E-state index in [1.807, 2.05) is 18.2 Å². The number of aromatic amines is 1. The predicted molar refractivity (Wildman–Crippen MR) is 107 cm³/mol. The fraction of sp³-hybridized carbons (Fsp3) is 0.400. The highest BCUT2D eigenvalue weighted by Gasteiger charge is 2.31. The van der Waals surface area contributed by atoms with E-state index in [1.54, 1.807) is 30.9 Å². The Morgan fingerprint density at radius 2 is 1.64 bits per heavy atom. The van der Waals surface area contributed by atoms with Crippen LogP contribution < -0.4 is 0 Å². The molecule has 0 bridgehead atoms. The number of ketones is 1. The lowest BCUT2D eigenvalue weighted by atomic mass is 10.1. The first-order valence-corrected chi connectivity index (χ1v) is 10.8. The number of hydrogen-bond acceptors (Lipinski definition) is 4. The topological polar surface area (TPSA) is 90.6 Å². The minimum atomic E-state index is -3.43. The van der Waals surface area contributed by atoms with Crippen molar-refractivity contribution >= 4 is 21.7 Å². The van der Waals surface area contributed by atoms with Crippen molar-refractivity contribution in [3.63, 3.8) is 0 Å². The molecule has 7 nitrogen and oxygen atoms in total. The fourth-order valence-electron chi connectivity index (χ4n) is 3.70. The SMILES string of the molecule is CC(=O)c1c(C)[nH]c(C(=O)N2CCN(S(=O)(=O)Cc3ccccc3)CC2)c1C. The van der Waals surface area contributed by atoms with E-state index in [0.717, 1.165) is 5.56 Å². The number of piperazine rings is 1. The van der Waals surface area contributed by atoms with E-state index in [-0.39, 0.29) is 30.5 Å². The Morgan fingerprint density at radius 3 is 2.18 bits per heavy atom. The fourth-order valence-corrected chi connectivity index (χ4v) is 5.21. The zero-order chi connectivity index (χ0) is 20.5. The summed E-state index contributed by atoms with van der Waals surface area (Å²) in [6, 6.07) is 9.07. The summed E-state index contributed by atoms with van der Waals surface area (Å²) in [6.45, 7) is 6.17. The number of carbonyl (C=O) groups excluding carboxylic acids is 2. The van der Waals surface area contributed by atoms with Gasteiger partial charge in [-0.15, -0.1) is 0 Å². The molecule has 1 N–H and O–H groups in total. The highest BCUT2D eigenvalue weighted by molar-refractivity contribution is 7.88. The smallest absolute Gasteiger partial charge is 0.270 e. The van der Waals surface area contributed by atoms with Crippen LogP contribution in [0.4, 0.5) is 0 Å². The quantitative estimate of drug-likeness (QED) is 0.775. The number of sulfonamides is 1. The molecule has 28 heavy (non-hydrogen) atoms. The molecule has 0 saturated carbocycles. The molecule has 1 fully saturated rings. The lowest BCUT2D eigenvalue weighted by molar-refractivity contribution is 0.0691. The first-order valence-electron chi connectivity index (χ1n) is 9.22. The Kier molecular flexibility index (Phi) is 5.71. The number of hydrogen-bond donors (Lipinski definition) is 1. The van der Waals surface area contributed by atoms with E-state index in [1.165, 1.54) is 11.2 Å². The van der Waals surface area contributed by atoms with Crippen LogP contribution in [0.1, 0.15) is 44.6 Å². The third-order valence-electron chi connectivity index (χ3n) is 5.11. The number of rotatable bonds is 5. The van der Waals surface area contributed by atoms with Crippen LogP contribution in [-0.2, 0) is 15.8 Å². The van der Waals surface area contributed by atoms with Gasteiger partial charge in [0.1, 0.15) is 5.69 Å². The van der Waals surface area contributed by atoms with E-state index in [0.29, 0.717) is 35.6 Å². The minimum Gasteiger partial charge on any atom is -0.354 e. The molecule has 2 aromatic rings. The normalized spacial score (nSPS) is 15.6. The van der Waals surface area contributed by atoms with Crippen molar-refractivity contribution in [1.29, 1.82) is 0 Å². The zero-order valence-electron chi connectivity index (χ0n) is 16.4. The summed E-state index contributed by atoms with van der Waals surface area (Å²) in [6.07, 6.45) is 0. The van der Waals surface area contributed by atoms with E-state index in [9.17, 15) is 18.0 Å². The number of aromatic nitrogens is 1. The maximum absolute atomic E-state index is 12.9. The van der Waals surface area contributed by atoms with Gasteiger partial charge in [0.15, 0.2) is 5.78 Å². The van der Waals surface area contributed by atoms with Crippen LogP contribution in [0.3, 0.4) is 0 Å². The van der Waals surface area contributed by atoms with Crippen molar-refractivity contribution in [3.05, 3.63) is 58.4 Å². The van der Waals surface area contributed by atoms with Crippen molar-refractivity contribution in [2.75, 3.05) is 26.2 Å². The van der Waals surface area contributed by atoms with Crippen molar-refractivity contribution < 1.29 is 18.0 Å². The Labute approximate surface area is 165 Å². The number of Topliss-reactive ketones (excluding diaryl/α,β-unsaturated/α-hetero) is 1. The molecular weight excluding hydrogens is 378 g/mol. The van der Waals surface area contributed by atoms with Gasteiger partial charge in [0.25, 0.3) is 5.91 Å². The number of nitrogens with zero attached hydrogens (tertiary/aromatic N) is 2. The summed E-state index contributed by atoms with van der Waals surface area (Å²) in [5, 5.41) is 0. The maximum Gasteiger partial charge on any atom is 0.270 e. The van der Waals surface area contributed by atoms with E-state index in [2.05, 4.69) is 4.98 Å². The third kappa shape index (κ3) is 4.02. The van der Waals surface area contributed by atoms with Crippen LogP contribution in [0.25, 0.3) is 0 Å². The lowest BCUT2D eigenvalue weighted by Crippen LogP contribution is -2.50. The van der Waals surface area contributed by atoms with Gasteiger partial charge in [-0.1, -0.05) is 30.3 Å². The van der Waals surface area contributed by atoms with E-state index >= 15 is 0 Å². The molecule has 0 unspecified atom stereocenters. The van der Waals surface area contributed by atoms with Gasteiger partial charge in [0.05, 0.1) is 5.75 Å². The van der Waals surface area contributed by atoms with E-state index < -0.39 is 10.0 Å². The second-order valence-electron chi connectivity index (χ2n) is 7.11. The number of aryl methyl sites for hydroxylation is 1. The molecular formula is C20H25N3O4S. The van der Waals surface area contributed by atoms with Gasteiger partial charge in [-0.25, -0.2) is 8.42 Å².